The third-order valence-corrected chi connectivity index (χ3v) is 0. The molecule has 0 aliphatic heterocycles. The molecule has 0 bridgehead atoms. The minimum Gasteiger partial charge on any atom is 0 e. The first kappa shape index (κ1) is 440. The standard InChI is InChI=1S/6H2O.Sn.Zn.4H/h6*1H2;;;;;;. The van der Waals surface area contributed by atoms with E-state index < -0.39 is 0 Å². The largest absolute Gasteiger partial charge is 0 e. The maximum Gasteiger partial charge on any atom is 0 e. The molecule has 0 saturated heterocycles. The van der Waals surface area contributed by atoms with E-state index in [-0.39, 0.29) is 76.2 Å². The van der Waals surface area contributed by atoms with E-state index in [9.17, 15) is 0 Å². The van der Waals surface area contributed by atoms with Crippen molar-refractivity contribution in [1.29, 1.82) is 0 Å². The predicted molar refractivity (Wildman–Crippen MR) is 33.0 cm³/mol. The van der Waals surface area contributed by atoms with Crippen molar-refractivity contribution >= 4 is 23.9 Å². The van der Waals surface area contributed by atoms with Gasteiger partial charge in [0.05, 0.1) is 0 Å². The van der Waals surface area contributed by atoms with Crippen LogP contribution in [0.1, 0.15) is 0 Å². The second-order valence-corrected chi connectivity index (χ2v) is 0. The van der Waals surface area contributed by atoms with Crippen LogP contribution in [0, 0.1) is 0 Å². The van der Waals surface area contributed by atoms with E-state index in [0.29, 0.717) is 0 Å². The Labute approximate surface area is 76.2 Å². The first-order valence-corrected chi connectivity index (χ1v) is 0. The molecule has 12 N–H and O–H groups in total. The molecule has 6 nitrogen and oxygen atoms in total. The third-order valence-electron chi connectivity index (χ3n) is 0. The zero-order chi connectivity index (χ0) is 0. The predicted octanol–water partition coefficient (Wildman–Crippen LogP) is -6.40. The number of hydrogen-bond donors (Lipinski definition) is 0. The van der Waals surface area contributed by atoms with E-state index in [1.165, 1.54) is 0 Å². The summed E-state index contributed by atoms with van der Waals surface area (Å²) in [5.41, 5.74) is 0. The minimum atomic E-state index is 0. The fraction of sp³-hybridized carbons (Fsp3) is 0. The van der Waals surface area contributed by atoms with Crippen LogP contribution in [0.5, 0.6) is 0 Å². The molecule has 0 aromatic rings. The van der Waals surface area contributed by atoms with Gasteiger partial charge in [-0.2, -0.15) is 0 Å². The molecule has 0 aromatic heterocycles. The summed E-state index contributed by atoms with van der Waals surface area (Å²) in [6, 6.07) is 0. The Morgan fingerprint density at radius 1 is 0.375 bits per heavy atom. The summed E-state index contributed by atoms with van der Waals surface area (Å²) in [6.45, 7) is 0. The molecular formula is H16O6SnZn. The maximum absolute atomic E-state index is 0. The zero-order valence-electron chi connectivity index (χ0n) is 3.71. The Kier molecular flexibility index (Phi) is 16600. The summed E-state index contributed by atoms with van der Waals surface area (Å²) in [4.78, 5) is 0. The van der Waals surface area contributed by atoms with Gasteiger partial charge in [0.25, 0.3) is 0 Å². The minimum absolute atomic E-state index is 0. The fourth-order valence-corrected chi connectivity index (χ4v) is 0. The topological polar surface area (TPSA) is 189 Å². The summed E-state index contributed by atoms with van der Waals surface area (Å²) < 4.78 is 0. The molecule has 0 spiro atoms. The smallest absolute Gasteiger partial charge is 0 e. The van der Waals surface area contributed by atoms with Crippen LogP contribution in [0.2, 0.25) is 0 Å². The van der Waals surface area contributed by atoms with Crippen LogP contribution in [-0.2, 0) is 19.5 Å². The van der Waals surface area contributed by atoms with Crippen molar-refractivity contribution in [2.24, 2.45) is 0 Å². The van der Waals surface area contributed by atoms with E-state index in [1.807, 2.05) is 0 Å². The first-order chi connectivity index (χ1) is 0. The van der Waals surface area contributed by atoms with Gasteiger partial charge in [-0.3, -0.25) is 0 Å². The summed E-state index contributed by atoms with van der Waals surface area (Å²) >= 11 is 0. The van der Waals surface area contributed by atoms with E-state index >= 15 is 0 Å². The van der Waals surface area contributed by atoms with Gasteiger partial charge in [-0.25, -0.2) is 0 Å². The van der Waals surface area contributed by atoms with Gasteiger partial charge in [0.1, 0.15) is 0 Å². The molecule has 8 heteroatoms. The quantitative estimate of drug-likeness (QED) is 0.384. The number of hydrogen-bond acceptors (Lipinski definition) is 0. The van der Waals surface area contributed by atoms with Gasteiger partial charge in [-0.15, -0.1) is 0 Å². The molecule has 0 heterocycles. The normalized spacial score (nSPS) is 0. The third kappa shape index (κ3) is 196. The van der Waals surface area contributed by atoms with Crippen molar-refractivity contribution in [2.45, 2.75) is 0 Å². The average molecular weight is 296 g/mol. The molecule has 0 unspecified atom stereocenters. The van der Waals surface area contributed by atoms with Crippen LogP contribution in [0.15, 0.2) is 0 Å². The van der Waals surface area contributed by atoms with Gasteiger partial charge in [-0.05, 0) is 0 Å². The molecule has 58 valence electrons. The maximum atomic E-state index is 0. The number of rotatable bonds is 0. The second kappa shape index (κ2) is 302. The molecule has 0 saturated carbocycles. The van der Waals surface area contributed by atoms with Crippen molar-refractivity contribution in [3.8, 4) is 0 Å². The summed E-state index contributed by atoms with van der Waals surface area (Å²) in [5, 5.41) is 0. The van der Waals surface area contributed by atoms with Crippen molar-refractivity contribution in [2.75, 3.05) is 0 Å². The zero-order valence-corrected chi connectivity index (χ0v) is 6.67. The SMILES string of the molecule is O.O.O.O.O.O.[SnH4].[Zn]. The van der Waals surface area contributed by atoms with E-state index in [0.717, 1.165) is 0 Å². The van der Waals surface area contributed by atoms with E-state index in [1.54, 1.807) is 0 Å². The summed E-state index contributed by atoms with van der Waals surface area (Å²) in [6.07, 6.45) is 0. The van der Waals surface area contributed by atoms with Crippen molar-refractivity contribution < 1.29 is 52.3 Å². The van der Waals surface area contributed by atoms with Gasteiger partial charge < -0.3 is 32.9 Å². The van der Waals surface area contributed by atoms with Crippen LogP contribution >= 0.6 is 0 Å². The Hall–Kier alpha value is 1.18. The molecule has 0 amide bonds. The van der Waals surface area contributed by atoms with Gasteiger partial charge in [0.2, 0.25) is 0 Å². The fourth-order valence-electron chi connectivity index (χ4n) is 0. The Morgan fingerprint density at radius 2 is 0.375 bits per heavy atom. The van der Waals surface area contributed by atoms with Crippen LogP contribution in [0.25, 0.3) is 0 Å². The molecule has 0 aliphatic carbocycles. The Morgan fingerprint density at radius 3 is 0.375 bits per heavy atom. The van der Waals surface area contributed by atoms with Gasteiger partial charge in [0, 0.05) is 19.5 Å². The Bertz CT molecular complexity index is 8.49. The average Bonchev–Trinajstić information content (AvgIpc) is 0. The van der Waals surface area contributed by atoms with Crippen LogP contribution in [0.3, 0.4) is 0 Å². The van der Waals surface area contributed by atoms with Gasteiger partial charge >= 0.3 is 23.9 Å². The molecule has 0 aliphatic rings. The van der Waals surface area contributed by atoms with Crippen LogP contribution in [-0.4, -0.2) is 56.8 Å². The van der Waals surface area contributed by atoms with Crippen LogP contribution in [0.4, 0.5) is 0 Å². The van der Waals surface area contributed by atoms with Gasteiger partial charge in [0.15, 0.2) is 0 Å². The van der Waals surface area contributed by atoms with Gasteiger partial charge in [-0.1, -0.05) is 0 Å². The molecular weight excluding hydrogens is 280 g/mol. The molecule has 0 radical (unpaired) electrons. The molecule has 0 atom stereocenters. The first-order valence-electron chi connectivity index (χ1n) is 0. The molecule has 0 fully saturated rings. The Balaban J connectivity index is 0. The van der Waals surface area contributed by atoms with Crippen molar-refractivity contribution in [3.05, 3.63) is 0 Å². The van der Waals surface area contributed by atoms with E-state index in [2.05, 4.69) is 0 Å². The van der Waals surface area contributed by atoms with Crippen LogP contribution < -0.4 is 0 Å². The molecule has 8 heavy (non-hydrogen) atoms. The van der Waals surface area contributed by atoms with Crippen molar-refractivity contribution in [3.63, 3.8) is 0 Å². The van der Waals surface area contributed by atoms with Crippen molar-refractivity contribution in [1.82, 2.24) is 0 Å². The van der Waals surface area contributed by atoms with E-state index in [4.69, 9.17) is 0 Å². The summed E-state index contributed by atoms with van der Waals surface area (Å²) in [5.74, 6) is 0. The molecule has 0 aromatic carbocycles. The summed E-state index contributed by atoms with van der Waals surface area (Å²) in [7, 11) is 0. The monoisotopic (exact) mass is 296 g/mol. The second-order valence-electron chi connectivity index (χ2n) is 0. The molecule has 0 rings (SSSR count).